The van der Waals surface area contributed by atoms with Crippen molar-refractivity contribution in [3.8, 4) is 0 Å². The minimum atomic E-state index is -1.06. The summed E-state index contributed by atoms with van der Waals surface area (Å²) in [5, 5.41) is 9.72. The molecule has 0 atom stereocenters. The van der Waals surface area contributed by atoms with Gasteiger partial charge in [0.05, 0.1) is 5.57 Å². The number of carbonyl (C=O) groups is 4. The van der Waals surface area contributed by atoms with Gasteiger partial charge in [-0.05, 0) is 66.0 Å². The predicted molar refractivity (Wildman–Crippen MR) is 195 cm³/mol. The van der Waals surface area contributed by atoms with Gasteiger partial charge in [0.1, 0.15) is 13.2 Å². The third-order valence-corrected chi connectivity index (χ3v) is 8.50. The molecule has 0 radical (unpaired) electrons. The van der Waals surface area contributed by atoms with Gasteiger partial charge in [0.2, 0.25) is 0 Å². The molecule has 0 aliphatic heterocycles. The van der Waals surface area contributed by atoms with Crippen LogP contribution in [0.3, 0.4) is 0 Å². The molecule has 0 saturated carbocycles. The van der Waals surface area contributed by atoms with E-state index in [4.69, 9.17) is 9.47 Å². The number of carboxylic acids is 1. The van der Waals surface area contributed by atoms with Crippen molar-refractivity contribution < 1.29 is 33.8 Å². The second kappa shape index (κ2) is 19.1. The number of ether oxygens (including phenoxy) is 2. The maximum Gasteiger partial charge on any atom is 0.336 e. The summed E-state index contributed by atoms with van der Waals surface area (Å²) in [6, 6.07) is 33.7. The monoisotopic (exact) mass is 682 g/mol. The second-order valence-corrected chi connectivity index (χ2v) is 12.1. The summed E-state index contributed by atoms with van der Waals surface area (Å²) in [5.74, 6) is -1.94. The van der Waals surface area contributed by atoms with Gasteiger partial charge in [0.15, 0.2) is 5.78 Å². The predicted octanol–water partition coefficient (Wildman–Crippen LogP) is 8.44. The molecule has 7 nitrogen and oxygen atoms in total. The van der Waals surface area contributed by atoms with Crippen molar-refractivity contribution >= 4 is 69.5 Å². The average molecular weight is 683 g/mol. The van der Waals surface area contributed by atoms with Crippen LogP contribution in [0.2, 0.25) is 0 Å². The van der Waals surface area contributed by atoms with Gasteiger partial charge in [-0.2, -0.15) is 0 Å². The van der Waals surface area contributed by atoms with Crippen LogP contribution in [0.5, 0.6) is 0 Å². The summed E-state index contributed by atoms with van der Waals surface area (Å²) in [5.41, 5.74) is 4.89. The first-order valence-electron chi connectivity index (χ1n) is 14.9. The Hall–Kier alpha value is -4.86. The van der Waals surface area contributed by atoms with E-state index in [0.717, 1.165) is 32.1 Å². The molecule has 0 fully saturated rings. The summed E-state index contributed by atoms with van der Waals surface area (Å²) in [7, 11) is 0. The number of carbonyl (C=O) groups excluding carboxylic acids is 3. The molecule has 0 unspecified atom stereocenters. The second-order valence-electron chi connectivity index (χ2n) is 10.3. The average Bonchev–Trinajstić information content (AvgIpc) is 3.09. The van der Waals surface area contributed by atoms with Crippen molar-refractivity contribution in [2.45, 2.75) is 30.6 Å². The van der Waals surface area contributed by atoms with Gasteiger partial charge >= 0.3 is 17.9 Å². The van der Waals surface area contributed by atoms with Crippen LogP contribution in [0.15, 0.2) is 119 Å². The maximum atomic E-state index is 12.3. The van der Waals surface area contributed by atoms with E-state index in [2.05, 4.69) is 0 Å². The summed E-state index contributed by atoms with van der Waals surface area (Å²) >= 11 is 3.25. The van der Waals surface area contributed by atoms with Crippen LogP contribution in [0, 0.1) is 0 Å². The van der Waals surface area contributed by atoms with Crippen molar-refractivity contribution in [1.82, 2.24) is 0 Å². The molecule has 0 heterocycles. The summed E-state index contributed by atoms with van der Waals surface area (Å²) in [6.45, 7) is 4.18. The molecule has 0 spiro atoms. The third-order valence-electron chi connectivity index (χ3n) is 7.01. The lowest BCUT2D eigenvalue weighted by Crippen LogP contribution is -2.10. The van der Waals surface area contributed by atoms with Gasteiger partial charge in [-0.3, -0.25) is 14.4 Å². The molecule has 248 valence electrons. The Bertz CT molecular complexity index is 1630. The van der Waals surface area contributed by atoms with Crippen LogP contribution < -0.4 is 0 Å². The number of thioether (sulfide) groups is 2. The Balaban J connectivity index is 0.000000260. The Morgan fingerprint density at radius 3 is 1.19 bits per heavy atom. The number of hydrogen-bond donors (Lipinski definition) is 1. The quantitative estimate of drug-likeness (QED) is 0.0682. The van der Waals surface area contributed by atoms with Gasteiger partial charge < -0.3 is 14.6 Å². The zero-order chi connectivity index (χ0) is 35.1. The number of carboxylic acid groups (broad SMARTS) is 1. The highest BCUT2D eigenvalue weighted by Gasteiger charge is 2.20. The van der Waals surface area contributed by atoms with E-state index in [1.165, 1.54) is 20.8 Å². The van der Waals surface area contributed by atoms with E-state index >= 15 is 0 Å². The molecule has 0 aliphatic rings. The maximum absolute atomic E-state index is 12.3. The van der Waals surface area contributed by atoms with Gasteiger partial charge in [-0.25, -0.2) is 4.79 Å². The first-order chi connectivity index (χ1) is 23.0. The van der Waals surface area contributed by atoms with E-state index in [9.17, 15) is 24.3 Å². The number of rotatable bonds is 12. The zero-order valence-corrected chi connectivity index (χ0v) is 29.2. The summed E-state index contributed by atoms with van der Waals surface area (Å²) in [4.78, 5) is 48.9. The highest BCUT2D eigenvalue weighted by atomic mass is 32.2. The van der Waals surface area contributed by atoms with Crippen molar-refractivity contribution in [2.75, 3.05) is 25.7 Å². The van der Waals surface area contributed by atoms with Crippen molar-refractivity contribution in [1.29, 1.82) is 0 Å². The largest absolute Gasteiger partial charge is 0.478 e. The summed E-state index contributed by atoms with van der Waals surface area (Å²) < 4.78 is 10.3. The first kappa shape index (κ1) is 37.6. The molecule has 9 heteroatoms. The molecule has 0 amide bonds. The lowest BCUT2D eigenvalue weighted by molar-refractivity contribution is -0.140. The Kier molecular flexibility index (Phi) is 14.9. The van der Waals surface area contributed by atoms with Crippen molar-refractivity contribution in [3.63, 3.8) is 0 Å². The summed E-state index contributed by atoms with van der Waals surface area (Å²) in [6.07, 6.45) is 3.98. The minimum absolute atomic E-state index is 0.0581. The van der Waals surface area contributed by atoms with E-state index in [-0.39, 0.29) is 30.5 Å². The number of benzene rings is 4. The molecule has 48 heavy (non-hydrogen) atoms. The number of ketones is 1. The van der Waals surface area contributed by atoms with Crippen LogP contribution in [0.1, 0.15) is 43.0 Å². The molecular formula is C39H38O7S2. The lowest BCUT2D eigenvalue weighted by atomic mass is 9.92. The van der Waals surface area contributed by atoms with Gasteiger partial charge in [-0.15, -0.1) is 23.5 Å². The molecule has 0 saturated heterocycles. The van der Waals surface area contributed by atoms with Crippen LogP contribution in [0.4, 0.5) is 0 Å². The number of hydrogen-bond acceptors (Lipinski definition) is 8. The SMILES string of the molecule is CSc1ccc(/C(COC(C)=O)=C(/C(=O)O)c2ccccc2)cc1.CSc1ccc(/C(COC(C)=O)=C(/C(C)=O)c2ccccc2)cc1. The molecule has 0 aromatic heterocycles. The van der Waals surface area contributed by atoms with E-state index in [1.54, 1.807) is 47.8 Å². The van der Waals surface area contributed by atoms with E-state index in [0.29, 0.717) is 16.7 Å². The molecular weight excluding hydrogens is 645 g/mol. The van der Waals surface area contributed by atoms with Crippen molar-refractivity contribution in [2.24, 2.45) is 0 Å². The third kappa shape index (κ3) is 11.1. The van der Waals surface area contributed by atoms with Crippen LogP contribution in [-0.4, -0.2) is 54.5 Å². The molecule has 0 aliphatic carbocycles. The number of allylic oxidation sites excluding steroid dienone is 1. The smallest absolute Gasteiger partial charge is 0.336 e. The van der Waals surface area contributed by atoms with Crippen LogP contribution >= 0.6 is 23.5 Å². The molecule has 4 aromatic carbocycles. The fraction of sp³-hybridized carbons (Fsp3) is 0.179. The standard InChI is InChI=1S/C20H20O3S.C19H18O4S/c1-14(21)20(17-7-5-4-6-8-17)19(13-23-15(2)22)16-9-11-18(24-3)12-10-16;1-13(20)23-12-17(14-8-10-16(24-2)11-9-14)18(19(21)22)15-6-4-3-5-7-15/h4-12H,13H2,1-3H3;3-11H,12H2,1-2H3,(H,21,22)/b20-19-;18-17+. The number of esters is 2. The Labute approximate surface area is 290 Å². The minimum Gasteiger partial charge on any atom is -0.478 e. The fourth-order valence-electron chi connectivity index (χ4n) is 4.76. The number of Topliss-reactive ketones (excluding diaryl/α,β-unsaturated/α-hetero) is 1. The van der Waals surface area contributed by atoms with Gasteiger partial charge in [0.25, 0.3) is 0 Å². The molecule has 1 N–H and O–H groups in total. The van der Waals surface area contributed by atoms with Gasteiger partial charge in [0, 0.05) is 40.4 Å². The van der Waals surface area contributed by atoms with Crippen LogP contribution in [0.25, 0.3) is 22.3 Å². The van der Waals surface area contributed by atoms with E-state index < -0.39 is 11.9 Å². The van der Waals surface area contributed by atoms with Crippen LogP contribution in [-0.2, 0) is 28.7 Å². The highest BCUT2D eigenvalue weighted by Crippen LogP contribution is 2.30. The van der Waals surface area contributed by atoms with Gasteiger partial charge in [-0.1, -0.05) is 84.9 Å². The fourth-order valence-corrected chi connectivity index (χ4v) is 5.57. The van der Waals surface area contributed by atoms with E-state index in [1.807, 2.05) is 97.4 Å². The topological polar surface area (TPSA) is 107 Å². The lowest BCUT2D eigenvalue weighted by Gasteiger charge is -2.15. The Morgan fingerprint density at radius 2 is 0.875 bits per heavy atom. The number of aliphatic carboxylic acids is 1. The molecule has 0 bridgehead atoms. The highest BCUT2D eigenvalue weighted by molar-refractivity contribution is 7.98. The Morgan fingerprint density at radius 1 is 0.521 bits per heavy atom. The molecule has 4 rings (SSSR count). The molecule has 4 aromatic rings. The zero-order valence-electron chi connectivity index (χ0n) is 27.5. The first-order valence-corrected chi connectivity index (χ1v) is 17.4. The normalized spacial score (nSPS) is 11.6. The van der Waals surface area contributed by atoms with Crippen molar-refractivity contribution in [3.05, 3.63) is 131 Å².